The van der Waals surface area contributed by atoms with E-state index in [1.165, 1.54) is 48.8 Å². The summed E-state index contributed by atoms with van der Waals surface area (Å²) in [6, 6.07) is 7.07. The summed E-state index contributed by atoms with van der Waals surface area (Å²) >= 11 is 0. The first kappa shape index (κ1) is 12.2. The molecule has 98 valence electrons. The molecule has 3 rings (SSSR count). The molecular weight excluding hydrogens is 222 g/mol. The summed E-state index contributed by atoms with van der Waals surface area (Å²) < 4.78 is 6.02. The van der Waals surface area contributed by atoms with Crippen molar-refractivity contribution in [2.24, 2.45) is 5.73 Å². The van der Waals surface area contributed by atoms with Gasteiger partial charge in [0.2, 0.25) is 0 Å². The van der Waals surface area contributed by atoms with Crippen LogP contribution in [-0.2, 0) is 24.2 Å². The third kappa shape index (κ3) is 2.60. The molecule has 1 fully saturated rings. The third-order valence-electron chi connectivity index (χ3n) is 4.38. The zero-order chi connectivity index (χ0) is 12.4. The Morgan fingerprint density at radius 2 is 1.89 bits per heavy atom. The fraction of sp³-hybridized carbons (Fsp3) is 0.625. The van der Waals surface area contributed by atoms with Crippen molar-refractivity contribution in [2.45, 2.75) is 63.7 Å². The first-order valence-electron chi connectivity index (χ1n) is 7.31. The summed E-state index contributed by atoms with van der Waals surface area (Å²) in [5.41, 5.74) is 10.5. The maximum atomic E-state index is 6.11. The van der Waals surface area contributed by atoms with Crippen molar-refractivity contribution in [2.75, 3.05) is 0 Å². The summed E-state index contributed by atoms with van der Waals surface area (Å²) in [6.45, 7) is 0.728. The van der Waals surface area contributed by atoms with Crippen LogP contribution in [0.3, 0.4) is 0 Å². The van der Waals surface area contributed by atoms with Crippen LogP contribution in [0.2, 0.25) is 0 Å². The number of rotatable bonds is 3. The molecule has 1 aromatic carbocycles. The fourth-order valence-corrected chi connectivity index (χ4v) is 3.25. The van der Waals surface area contributed by atoms with Gasteiger partial charge in [-0.15, -0.1) is 0 Å². The molecule has 1 saturated carbocycles. The number of fused-ring (bicyclic) bond motifs is 1. The van der Waals surface area contributed by atoms with Gasteiger partial charge in [-0.3, -0.25) is 0 Å². The minimum atomic E-state index is 0.244. The van der Waals surface area contributed by atoms with Crippen molar-refractivity contribution >= 4 is 0 Å². The van der Waals surface area contributed by atoms with Crippen LogP contribution in [-0.4, -0.2) is 12.1 Å². The topological polar surface area (TPSA) is 35.2 Å². The second kappa shape index (κ2) is 5.41. The molecule has 0 aromatic heterocycles. The average Bonchev–Trinajstić information content (AvgIpc) is 2.85. The van der Waals surface area contributed by atoms with E-state index in [9.17, 15) is 0 Å². The van der Waals surface area contributed by atoms with Crippen LogP contribution in [0.4, 0.5) is 0 Å². The van der Waals surface area contributed by atoms with Gasteiger partial charge in [0, 0.05) is 6.04 Å². The fourth-order valence-electron chi connectivity index (χ4n) is 3.25. The smallest absolute Gasteiger partial charge is 0.0730 e. The molecule has 0 saturated heterocycles. The zero-order valence-electron chi connectivity index (χ0n) is 11.0. The standard InChI is InChI=1S/C16H23NO/c17-15-6-1-2-7-16(15)18-11-12-8-9-13-4-3-5-14(13)10-12/h8-10,15-16H,1-7,11,17H2. The molecule has 0 amide bonds. The van der Waals surface area contributed by atoms with Gasteiger partial charge in [0.15, 0.2) is 0 Å². The quantitative estimate of drug-likeness (QED) is 0.888. The second-order valence-electron chi connectivity index (χ2n) is 5.75. The molecule has 0 bridgehead atoms. The summed E-state index contributed by atoms with van der Waals surface area (Å²) in [4.78, 5) is 0. The minimum Gasteiger partial charge on any atom is -0.372 e. The number of aryl methyl sites for hydroxylation is 2. The zero-order valence-corrected chi connectivity index (χ0v) is 11.0. The monoisotopic (exact) mass is 245 g/mol. The van der Waals surface area contributed by atoms with Crippen LogP contribution in [0.5, 0.6) is 0 Å². The third-order valence-corrected chi connectivity index (χ3v) is 4.38. The predicted octanol–water partition coefficient (Wildman–Crippen LogP) is 2.96. The Morgan fingerprint density at radius 3 is 2.78 bits per heavy atom. The Labute approximate surface area is 110 Å². The van der Waals surface area contributed by atoms with Gasteiger partial charge < -0.3 is 10.5 Å². The lowest BCUT2D eigenvalue weighted by atomic mass is 9.93. The summed E-state index contributed by atoms with van der Waals surface area (Å²) in [5.74, 6) is 0. The highest BCUT2D eigenvalue weighted by atomic mass is 16.5. The number of ether oxygens (including phenoxy) is 1. The Kier molecular flexibility index (Phi) is 3.67. The lowest BCUT2D eigenvalue weighted by Gasteiger charge is -2.28. The Morgan fingerprint density at radius 1 is 1.06 bits per heavy atom. The van der Waals surface area contributed by atoms with Gasteiger partial charge in [0.05, 0.1) is 12.7 Å². The average molecular weight is 245 g/mol. The summed E-state index contributed by atoms with van der Waals surface area (Å²) in [7, 11) is 0. The minimum absolute atomic E-state index is 0.244. The molecule has 2 heteroatoms. The van der Waals surface area contributed by atoms with Crippen LogP contribution in [0.15, 0.2) is 18.2 Å². The van der Waals surface area contributed by atoms with E-state index in [1.807, 2.05) is 0 Å². The van der Waals surface area contributed by atoms with E-state index in [1.54, 1.807) is 0 Å². The molecule has 2 atom stereocenters. The molecule has 18 heavy (non-hydrogen) atoms. The van der Waals surface area contributed by atoms with Crippen molar-refractivity contribution in [3.05, 3.63) is 34.9 Å². The molecule has 2 N–H and O–H groups in total. The molecule has 2 aliphatic carbocycles. The van der Waals surface area contributed by atoms with Gasteiger partial charge in [0.25, 0.3) is 0 Å². The lowest BCUT2D eigenvalue weighted by Crippen LogP contribution is -2.39. The Balaban J connectivity index is 1.59. The largest absolute Gasteiger partial charge is 0.372 e. The maximum Gasteiger partial charge on any atom is 0.0730 e. The van der Waals surface area contributed by atoms with Crippen molar-refractivity contribution in [1.29, 1.82) is 0 Å². The maximum absolute atomic E-state index is 6.11. The van der Waals surface area contributed by atoms with E-state index in [2.05, 4.69) is 18.2 Å². The number of hydrogen-bond donors (Lipinski definition) is 1. The highest BCUT2D eigenvalue weighted by Gasteiger charge is 2.22. The van der Waals surface area contributed by atoms with Gasteiger partial charge in [-0.1, -0.05) is 31.0 Å². The number of hydrogen-bond acceptors (Lipinski definition) is 2. The molecule has 0 spiro atoms. The molecule has 1 aromatic rings. The molecule has 0 radical (unpaired) electrons. The van der Waals surface area contributed by atoms with Crippen LogP contribution in [0.1, 0.15) is 48.8 Å². The normalized spacial score (nSPS) is 27.2. The van der Waals surface area contributed by atoms with E-state index in [-0.39, 0.29) is 12.1 Å². The first-order valence-corrected chi connectivity index (χ1v) is 7.31. The van der Waals surface area contributed by atoms with Gasteiger partial charge in [0.1, 0.15) is 0 Å². The van der Waals surface area contributed by atoms with Crippen LogP contribution >= 0.6 is 0 Å². The van der Waals surface area contributed by atoms with Gasteiger partial charge >= 0.3 is 0 Å². The highest BCUT2D eigenvalue weighted by molar-refractivity contribution is 5.35. The van der Waals surface area contributed by atoms with Crippen LogP contribution in [0, 0.1) is 0 Å². The molecule has 2 unspecified atom stereocenters. The molecule has 2 aliphatic rings. The van der Waals surface area contributed by atoms with Crippen molar-refractivity contribution in [3.63, 3.8) is 0 Å². The van der Waals surface area contributed by atoms with E-state index >= 15 is 0 Å². The summed E-state index contributed by atoms with van der Waals surface area (Å²) in [6.07, 6.45) is 8.86. The molecular formula is C16H23NO. The molecule has 2 nitrogen and oxygen atoms in total. The Bertz CT molecular complexity index is 416. The van der Waals surface area contributed by atoms with Crippen molar-refractivity contribution in [3.8, 4) is 0 Å². The molecule has 0 aliphatic heterocycles. The SMILES string of the molecule is NC1CCCCC1OCc1ccc2c(c1)CCC2. The first-order chi connectivity index (χ1) is 8.83. The van der Waals surface area contributed by atoms with E-state index in [4.69, 9.17) is 10.5 Å². The predicted molar refractivity (Wildman–Crippen MR) is 73.5 cm³/mol. The summed E-state index contributed by atoms with van der Waals surface area (Å²) in [5, 5.41) is 0. The van der Waals surface area contributed by atoms with E-state index < -0.39 is 0 Å². The van der Waals surface area contributed by atoms with Gasteiger partial charge in [-0.05, 0) is 48.8 Å². The van der Waals surface area contributed by atoms with Crippen LogP contribution in [0.25, 0.3) is 0 Å². The van der Waals surface area contributed by atoms with Gasteiger partial charge in [-0.2, -0.15) is 0 Å². The van der Waals surface area contributed by atoms with Crippen LogP contribution < -0.4 is 5.73 Å². The van der Waals surface area contributed by atoms with Gasteiger partial charge in [-0.25, -0.2) is 0 Å². The molecule has 0 heterocycles. The lowest BCUT2D eigenvalue weighted by molar-refractivity contribution is 0.00402. The van der Waals surface area contributed by atoms with E-state index in [0.29, 0.717) is 0 Å². The second-order valence-corrected chi connectivity index (χ2v) is 5.75. The Hall–Kier alpha value is -0.860. The van der Waals surface area contributed by atoms with Crippen molar-refractivity contribution < 1.29 is 4.74 Å². The number of nitrogens with two attached hydrogens (primary N) is 1. The van der Waals surface area contributed by atoms with Crippen molar-refractivity contribution in [1.82, 2.24) is 0 Å². The number of benzene rings is 1. The highest BCUT2D eigenvalue weighted by Crippen LogP contribution is 2.24. The van der Waals surface area contributed by atoms with E-state index in [0.717, 1.165) is 19.4 Å².